The van der Waals surface area contributed by atoms with Gasteiger partial charge in [0.1, 0.15) is 34.0 Å². The summed E-state index contributed by atoms with van der Waals surface area (Å²) in [6.45, 7) is 0. The molecule has 0 aliphatic carbocycles. The van der Waals surface area contributed by atoms with Crippen molar-refractivity contribution in [3.63, 3.8) is 0 Å². The maximum absolute atomic E-state index is 12.9. The topological polar surface area (TPSA) is 97.0 Å². The number of carbonyl (C=O) groups is 1. The summed E-state index contributed by atoms with van der Waals surface area (Å²) in [7, 11) is 0. The van der Waals surface area contributed by atoms with Gasteiger partial charge >= 0.3 is 5.97 Å². The molecular weight excluding hydrogens is 384 g/mol. The summed E-state index contributed by atoms with van der Waals surface area (Å²) in [6, 6.07) is 18.3. The van der Waals surface area contributed by atoms with E-state index in [0.717, 1.165) is 5.56 Å². The van der Waals surface area contributed by atoms with E-state index in [0.29, 0.717) is 16.9 Å². The number of hydrogen-bond acceptors (Lipinski definition) is 6. The summed E-state index contributed by atoms with van der Waals surface area (Å²) < 4.78 is 11.5. The second-order valence-electron chi connectivity index (χ2n) is 7.17. The Labute approximate surface area is 170 Å². The van der Waals surface area contributed by atoms with Gasteiger partial charge in [-0.3, -0.25) is 9.59 Å². The van der Waals surface area contributed by atoms with Gasteiger partial charge < -0.3 is 19.4 Å². The summed E-state index contributed by atoms with van der Waals surface area (Å²) in [5.41, 5.74) is 1.77. The van der Waals surface area contributed by atoms with Crippen LogP contribution in [0.2, 0.25) is 0 Å². The molecule has 3 aromatic carbocycles. The second-order valence-corrected chi connectivity index (χ2v) is 7.17. The lowest BCUT2D eigenvalue weighted by Crippen LogP contribution is -2.22. The van der Waals surface area contributed by atoms with Crippen molar-refractivity contribution in [1.82, 2.24) is 0 Å². The van der Waals surface area contributed by atoms with Gasteiger partial charge in [0.2, 0.25) is 0 Å². The van der Waals surface area contributed by atoms with Gasteiger partial charge in [0.25, 0.3) is 0 Å². The molecule has 0 spiro atoms. The highest BCUT2D eigenvalue weighted by atomic mass is 16.5. The molecule has 5 rings (SSSR count). The molecule has 0 saturated carbocycles. The number of carbonyl (C=O) groups excluding carboxylic acids is 1. The summed E-state index contributed by atoms with van der Waals surface area (Å²) in [5, 5.41) is 20.1. The zero-order chi connectivity index (χ0) is 20.8. The molecule has 1 atom stereocenters. The normalized spacial score (nSPS) is 15.6. The Morgan fingerprint density at radius 1 is 0.900 bits per heavy atom. The molecule has 148 valence electrons. The summed E-state index contributed by atoms with van der Waals surface area (Å²) >= 11 is 0. The molecule has 6 heteroatoms. The average Bonchev–Trinajstić information content (AvgIpc) is 2.73. The minimum absolute atomic E-state index is 0.0372. The van der Waals surface area contributed by atoms with E-state index >= 15 is 0 Å². The third-order valence-electron chi connectivity index (χ3n) is 5.28. The van der Waals surface area contributed by atoms with Gasteiger partial charge in [0.15, 0.2) is 5.43 Å². The van der Waals surface area contributed by atoms with Gasteiger partial charge in [-0.15, -0.1) is 0 Å². The fourth-order valence-electron chi connectivity index (χ4n) is 3.90. The third kappa shape index (κ3) is 2.90. The Hall–Kier alpha value is -4.06. The van der Waals surface area contributed by atoms with Crippen LogP contribution in [0.4, 0.5) is 0 Å². The molecule has 2 N–H and O–H groups in total. The van der Waals surface area contributed by atoms with Crippen molar-refractivity contribution >= 4 is 16.9 Å². The van der Waals surface area contributed by atoms with E-state index < -0.39 is 17.3 Å². The van der Waals surface area contributed by atoms with Crippen LogP contribution in [0, 0.1) is 0 Å². The molecule has 1 aliphatic heterocycles. The Morgan fingerprint density at radius 3 is 2.37 bits per heavy atom. The fourth-order valence-corrected chi connectivity index (χ4v) is 3.90. The van der Waals surface area contributed by atoms with E-state index in [9.17, 15) is 19.8 Å². The molecule has 2 heterocycles. The number of fused-ring (bicyclic) bond motifs is 3. The van der Waals surface area contributed by atoms with E-state index in [1.807, 2.05) is 30.3 Å². The molecule has 4 aromatic rings. The largest absolute Gasteiger partial charge is 0.508 e. The van der Waals surface area contributed by atoms with Gasteiger partial charge in [-0.2, -0.15) is 0 Å². The maximum atomic E-state index is 12.9. The predicted octanol–water partition coefficient (Wildman–Crippen LogP) is 4.31. The molecule has 0 radical (unpaired) electrons. The number of phenols is 2. The average molecular weight is 400 g/mol. The van der Waals surface area contributed by atoms with Crippen molar-refractivity contribution < 1.29 is 24.2 Å². The molecule has 0 saturated heterocycles. The van der Waals surface area contributed by atoms with Crippen molar-refractivity contribution in [3.8, 4) is 28.6 Å². The lowest BCUT2D eigenvalue weighted by atomic mass is 9.85. The second kappa shape index (κ2) is 6.77. The van der Waals surface area contributed by atoms with E-state index in [1.165, 1.54) is 24.3 Å². The summed E-state index contributed by atoms with van der Waals surface area (Å²) in [4.78, 5) is 25.1. The first-order valence-electron chi connectivity index (χ1n) is 9.40. The Kier molecular flexibility index (Phi) is 4.06. The van der Waals surface area contributed by atoms with Gasteiger partial charge in [-0.25, -0.2) is 0 Å². The number of aromatic hydroxyl groups is 2. The summed E-state index contributed by atoms with van der Waals surface area (Å²) in [6.07, 6.45) is 0.0386. The minimum Gasteiger partial charge on any atom is -0.508 e. The smallest absolute Gasteiger partial charge is 0.312 e. The van der Waals surface area contributed by atoms with Gasteiger partial charge in [0.05, 0.1) is 6.42 Å². The van der Waals surface area contributed by atoms with Crippen molar-refractivity contribution in [2.45, 2.75) is 12.3 Å². The van der Waals surface area contributed by atoms with Crippen LogP contribution < -0.4 is 10.2 Å². The van der Waals surface area contributed by atoms with Gasteiger partial charge in [-0.1, -0.05) is 42.5 Å². The van der Waals surface area contributed by atoms with Crippen LogP contribution in [-0.2, 0) is 4.79 Å². The quantitative estimate of drug-likeness (QED) is 0.384. The summed E-state index contributed by atoms with van der Waals surface area (Å²) in [5.74, 6) is -0.618. The molecule has 6 nitrogen and oxygen atoms in total. The Morgan fingerprint density at radius 2 is 1.63 bits per heavy atom. The number of rotatable bonds is 2. The van der Waals surface area contributed by atoms with E-state index in [-0.39, 0.29) is 34.6 Å². The van der Waals surface area contributed by atoms with Crippen LogP contribution in [0.25, 0.3) is 22.3 Å². The van der Waals surface area contributed by atoms with Crippen LogP contribution in [0.1, 0.15) is 23.5 Å². The number of esters is 1. The molecule has 0 amide bonds. The number of benzene rings is 3. The highest BCUT2D eigenvalue weighted by molar-refractivity contribution is 5.93. The first kappa shape index (κ1) is 18.0. The SMILES string of the molecule is O=C1C[C@H](c2ccc(O)cc2)c2c(cc(O)c3c(=O)cc(-c4ccccc4)oc23)O1. The maximum Gasteiger partial charge on any atom is 0.312 e. The van der Waals surface area contributed by atoms with Gasteiger partial charge in [-0.05, 0) is 17.7 Å². The van der Waals surface area contributed by atoms with E-state index in [1.54, 1.807) is 12.1 Å². The Balaban J connectivity index is 1.83. The molecule has 0 unspecified atom stereocenters. The lowest BCUT2D eigenvalue weighted by Gasteiger charge is -2.26. The molecule has 0 fully saturated rings. The molecule has 1 aromatic heterocycles. The van der Waals surface area contributed by atoms with Crippen LogP contribution in [0.3, 0.4) is 0 Å². The van der Waals surface area contributed by atoms with Crippen molar-refractivity contribution in [3.05, 3.63) is 88.1 Å². The number of phenolic OH excluding ortho intramolecular Hbond substituents is 2. The van der Waals surface area contributed by atoms with Crippen LogP contribution in [0.15, 0.2) is 75.9 Å². The molecule has 0 bridgehead atoms. The standard InChI is InChI=1S/C24H16O6/c25-15-8-6-13(7-9-15)16-10-21(28)29-20-12-18(27)23-17(26)11-19(30-24(23)22(16)20)14-4-2-1-3-5-14/h1-9,11-12,16,25,27H,10H2/t16-/m1/s1. The minimum atomic E-state index is -0.459. The van der Waals surface area contributed by atoms with E-state index in [4.69, 9.17) is 9.15 Å². The predicted molar refractivity (Wildman–Crippen MR) is 110 cm³/mol. The van der Waals surface area contributed by atoms with E-state index in [2.05, 4.69) is 0 Å². The number of ether oxygens (including phenoxy) is 1. The highest BCUT2D eigenvalue weighted by Crippen LogP contribution is 2.46. The van der Waals surface area contributed by atoms with Crippen LogP contribution in [-0.4, -0.2) is 16.2 Å². The van der Waals surface area contributed by atoms with Crippen LogP contribution in [0.5, 0.6) is 17.2 Å². The monoisotopic (exact) mass is 400 g/mol. The third-order valence-corrected chi connectivity index (χ3v) is 5.28. The van der Waals surface area contributed by atoms with Crippen LogP contribution >= 0.6 is 0 Å². The lowest BCUT2D eigenvalue weighted by molar-refractivity contribution is -0.135. The number of hydrogen-bond donors (Lipinski definition) is 2. The van der Waals surface area contributed by atoms with Crippen molar-refractivity contribution in [2.24, 2.45) is 0 Å². The zero-order valence-electron chi connectivity index (χ0n) is 15.7. The fraction of sp³-hybridized carbons (Fsp3) is 0.0833. The molecular formula is C24H16O6. The molecule has 30 heavy (non-hydrogen) atoms. The Bertz CT molecular complexity index is 1340. The zero-order valence-corrected chi connectivity index (χ0v) is 15.7. The van der Waals surface area contributed by atoms with Crippen molar-refractivity contribution in [1.29, 1.82) is 0 Å². The van der Waals surface area contributed by atoms with Gasteiger partial charge in [0, 0.05) is 29.2 Å². The highest BCUT2D eigenvalue weighted by Gasteiger charge is 2.33. The first-order valence-corrected chi connectivity index (χ1v) is 9.40. The van der Waals surface area contributed by atoms with Crippen molar-refractivity contribution in [2.75, 3.05) is 0 Å². The first-order chi connectivity index (χ1) is 14.5. The molecule has 1 aliphatic rings.